The lowest BCUT2D eigenvalue weighted by Crippen LogP contribution is -2.16. The molecule has 0 aliphatic carbocycles. The van der Waals surface area contributed by atoms with E-state index in [9.17, 15) is 19.7 Å². The lowest BCUT2D eigenvalue weighted by Gasteiger charge is -2.13. The van der Waals surface area contributed by atoms with Gasteiger partial charge >= 0.3 is 0 Å². The first-order valence-corrected chi connectivity index (χ1v) is 9.14. The predicted molar refractivity (Wildman–Crippen MR) is 111 cm³/mol. The highest BCUT2D eigenvalue weighted by Crippen LogP contribution is 2.31. The zero-order valence-electron chi connectivity index (χ0n) is 15.6. The summed E-state index contributed by atoms with van der Waals surface area (Å²) in [4.78, 5) is 35.1. The van der Waals surface area contributed by atoms with Gasteiger partial charge in [0.25, 0.3) is 11.6 Å². The van der Waals surface area contributed by atoms with E-state index in [1.165, 1.54) is 18.2 Å². The first kappa shape index (κ1) is 20.3. The molecule has 0 atom stereocenters. The van der Waals surface area contributed by atoms with Gasteiger partial charge in [-0.2, -0.15) is 0 Å². The third kappa shape index (κ3) is 4.52. The van der Waals surface area contributed by atoms with Crippen LogP contribution in [0.25, 0.3) is 11.3 Å². The second-order valence-corrected chi connectivity index (χ2v) is 7.05. The van der Waals surface area contributed by atoms with Crippen molar-refractivity contribution in [2.45, 2.75) is 19.8 Å². The van der Waals surface area contributed by atoms with Crippen LogP contribution < -0.4 is 10.7 Å². The summed E-state index contributed by atoms with van der Waals surface area (Å²) in [7, 11) is 0. The van der Waals surface area contributed by atoms with Crippen LogP contribution in [-0.4, -0.2) is 10.8 Å². The summed E-state index contributed by atoms with van der Waals surface area (Å²) in [6.45, 7) is 4.00. The van der Waals surface area contributed by atoms with Gasteiger partial charge in [0.2, 0.25) is 0 Å². The van der Waals surface area contributed by atoms with Crippen molar-refractivity contribution in [3.05, 3.63) is 91.3 Å². The van der Waals surface area contributed by atoms with Gasteiger partial charge in [0, 0.05) is 35.5 Å². The molecular weight excluding hydrogens is 396 g/mol. The number of nitro groups is 1. The van der Waals surface area contributed by atoms with Crippen LogP contribution in [0.3, 0.4) is 0 Å². The summed E-state index contributed by atoms with van der Waals surface area (Å²) in [5.74, 6) is -0.556. The maximum Gasteiger partial charge on any atom is 0.291 e. The molecule has 29 heavy (non-hydrogen) atoms. The molecule has 0 spiro atoms. The van der Waals surface area contributed by atoms with Gasteiger partial charge in [-0.1, -0.05) is 43.6 Å². The summed E-state index contributed by atoms with van der Waals surface area (Å²) in [5.41, 5.74) is 1.18. The molecule has 2 aromatic carbocycles. The second-order valence-electron chi connectivity index (χ2n) is 6.64. The molecule has 1 N–H and O–H groups in total. The Kier molecular flexibility index (Phi) is 5.79. The Morgan fingerprint density at radius 1 is 1.14 bits per heavy atom. The fourth-order valence-electron chi connectivity index (χ4n) is 2.84. The van der Waals surface area contributed by atoms with E-state index in [2.05, 4.69) is 5.32 Å². The van der Waals surface area contributed by atoms with Crippen molar-refractivity contribution in [3.8, 4) is 11.3 Å². The van der Waals surface area contributed by atoms with E-state index < -0.39 is 16.3 Å². The normalized spacial score (nSPS) is 10.8. The third-order valence-electron chi connectivity index (χ3n) is 4.25. The lowest BCUT2D eigenvalue weighted by molar-refractivity contribution is -0.384. The van der Waals surface area contributed by atoms with Crippen LogP contribution in [0.1, 0.15) is 35.9 Å². The predicted octanol–water partition coefficient (Wildman–Crippen LogP) is 5.24. The van der Waals surface area contributed by atoms with Crippen molar-refractivity contribution in [1.82, 2.24) is 0 Å². The molecular formula is C21H17ClN2O5. The van der Waals surface area contributed by atoms with Gasteiger partial charge in [-0.3, -0.25) is 19.7 Å². The molecule has 1 amide bonds. The molecule has 3 aromatic rings. The van der Waals surface area contributed by atoms with Crippen LogP contribution in [0.4, 0.5) is 11.4 Å². The zero-order chi connectivity index (χ0) is 21.1. The summed E-state index contributed by atoms with van der Waals surface area (Å²) < 4.78 is 5.59. The Morgan fingerprint density at radius 3 is 2.52 bits per heavy atom. The number of para-hydroxylation sites is 1. The Labute approximate surface area is 171 Å². The number of nitrogens with zero attached hydrogens (tertiary/aromatic N) is 1. The molecule has 0 radical (unpaired) electrons. The number of halogens is 1. The molecule has 7 nitrogen and oxygen atoms in total. The van der Waals surface area contributed by atoms with E-state index in [-0.39, 0.29) is 33.7 Å². The summed E-state index contributed by atoms with van der Waals surface area (Å²) in [5, 5.41) is 13.7. The number of hydrogen-bond donors (Lipinski definition) is 1. The number of amides is 1. The summed E-state index contributed by atoms with van der Waals surface area (Å²) >= 11 is 6.11. The Morgan fingerprint density at radius 2 is 1.86 bits per heavy atom. The molecule has 0 aliphatic rings. The lowest BCUT2D eigenvalue weighted by atomic mass is 10.0. The van der Waals surface area contributed by atoms with E-state index in [1.54, 1.807) is 12.1 Å². The van der Waals surface area contributed by atoms with Crippen LogP contribution in [0, 0.1) is 10.1 Å². The number of carbonyl (C=O) groups is 1. The molecule has 0 aliphatic heterocycles. The van der Waals surface area contributed by atoms with Gasteiger partial charge in [0.05, 0.1) is 9.95 Å². The molecule has 0 saturated heterocycles. The number of carbonyl (C=O) groups excluding carboxylic acids is 1. The second kappa shape index (κ2) is 8.28. The summed E-state index contributed by atoms with van der Waals surface area (Å²) in [6, 6.07) is 13.4. The van der Waals surface area contributed by atoms with Crippen LogP contribution in [0.5, 0.6) is 0 Å². The number of benzene rings is 2. The van der Waals surface area contributed by atoms with Crippen molar-refractivity contribution >= 4 is 28.9 Å². The van der Waals surface area contributed by atoms with E-state index in [0.29, 0.717) is 5.69 Å². The van der Waals surface area contributed by atoms with Gasteiger partial charge in [-0.15, -0.1) is 0 Å². The number of hydrogen-bond acceptors (Lipinski definition) is 5. The smallest absolute Gasteiger partial charge is 0.291 e. The molecule has 0 saturated carbocycles. The Balaban J connectivity index is 1.97. The number of anilines is 1. The summed E-state index contributed by atoms with van der Waals surface area (Å²) in [6.07, 6.45) is 0. The quantitative estimate of drug-likeness (QED) is 0.455. The van der Waals surface area contributed by atoms with Gasteiger partial charge < -0.3 is 9.73 Å². The van der Waals surface area contributed by atoms with Crippen LogP contribution in [0.15, 0.2) is 63.8 Å². The van der Waals surface area contributed by atoms with Gasteiger partial charge in [0.1, 0.15) is 5.76 Å². The van der Waals surface area contributed by atoms with Crippen molar-refractivity contribution in [1.29, 1.82) is 0 Å². The SMILES string of the molecule is CC(C)c1ccccc1NC(=O)c1cc(=O)cc(-c2ccc([N+](=O)[O-])cc2Cl)o1. The van der Waals surface area contributed by atoms with Crippen molar-refractivity contribution < 1.29 is 14.1 Å². The average molecular weight is 413 g/mol. The average Bonchev–Trinajstić information content (AvgIpc) is 2.67. The minimum atomic E-state index is -0.588. The monoisotopic (exact) mass is 412 g/mol. The number of rotatable bonds is 5. The minimum Gasteiger partial charge on any atom is -0.451 e. The fourth-order valence-corrected chi connectivity index (χ4v) is 3.11. The van der Waals surface area contributed by atoms with Crippen LogP contribution >= 0.6 is 11.6 Å². The number of nitro benzene ring substituents is 1. The fraction of sp³-hybridized carbons (Fsp3) is 0.143. The highest BCUT2D eigenvalue weighted by molar-refractivity contribution is 6.33. The van der Waals surface area contributed by atoms with Gasteiger partial charge in [0.15, 0.2) is 11.2 Å². The number of nitrogens with one attached hydrogen (secondary N) is 1. The molecule has 0 bridgehead atoms. The van der Waals surface area contributed by atoms with E-state index in [1.807, 2.05) is 26.0 Å². The minimum absolute atomic E-state index is 0.0325. The largest absolute Gasteiger partial charge is 0.451 e. The maximum absolute atomic E-state index is 12.7. The van der Waals surface area contributed by atoms with Crippen LogP contribution in [-0.2, 0) is 0 Å². The molecule has 148 valence electrons. The molecule has 3 rings (SSSR count). The molecule has 0 fully saturated rings. The first-order valence-electron chi connectivity index (χ1n) is 8.76. The highest BCUT2D eigenvalue weighted by atomic mass is 35.5. The zero-order valence-corrected chi connectivity index (χ0v) is 16.4. The van der Waals surface area contributed by atoms with E-state index in [0.717, 1.165) is 17.7 Å². The van der Waals surface area contributed by atoms with Crippen molar-refractivity contribution in [3.63, 3.8) is 0 Å². The van der Waals surface area contributed by atoms with E-state index >= 15 is 0 Å². The van der Waals surface area contributed by atoms with Crippen molar-refractivity contribution in [2.75, 3.05) is 5.32 Å². The molecule has 8 heteroatoms. The van der Waals surface area contributed by atoms with E-state index in [4.69, 9.17) is 16.0 Å². The third-order valence-corrected chi connectivity index (χ3v) is 4.56. The molecule has 1 heterocycles. The molecule has 1 aromatic heterocycles. The number of non-ortho nitro benzene ring substituents is 1. The van der Waals surface area contributed by atoms with Crippen molar-refractivity contribution in [2.24, 2.45) is 0 Å². The maximum atomic E-state index is 12.7. The van der Waals surface area contributed by atoms with Gasteiger partial charge in [-0.05, 0) is 23.6 Å². The Hall–Kier alpha value is -3.45. The van der Waals surface area contributed by atoms with Crippen LogP contribution in [0.2, 0.25) is 5.02 Å². The standard InChI is InChI=1S/C21H17ClN2O5/c1-12(2)15-5-3-4-6-18(15)23-21(26)20-11-14(25)10-19(29-20)16-8-7-13(24(27)28)9-17(16)22/h3-12H,1-2H3,(H,23,26). The topological polar surface area (TPSA) is 102 Å². The highest BCUT2D eigenvalue weighted by Gasteiger charge is 2.17. The molecule has 0 unspecified atom stereocenters. The Bertz CT molecular complexity index is 1150. The van der Waals surface area contributed by atoms with Gasteiger partial charge in [-0.25, -0.2) is 0 Å². The first-order chi connectivity index (χ1) is 13.8.